The van der Waals surface area contributed by atoms with E-state index in [4.69, 9.17) is 16.6 Å². The monoisotopic (exact) mass is 402 g/mol. The van der Waals surface area contributed by atoms with E-state index in [1.165, 1.54) is 0 Å². The molecule has 1 saturated heterocycles. The van der Waals surface area contributed by atoms with Gasteiger partial charge in [-0.25, -0.2) is 0 Å². The van der Waals surface area contributed by atoms with Gasteiger partial charge in [-0.15, -0.1) is 0 Å². The molecule has 3 rings (SSSR count). The maximum Gasteiger partial charge on any atom is 0.242 e. The number of aromatic nitrogens is 2. The number of carbonyl (C=O) groups is 1. The summed E-state index contributed by atoms with van der Waals surface area (Å²) in [5.41, 5.74) is 1.09. The van der Waals surface area contributed by atoms with Gasteiger partial charge in [-0.3, -0.25) is 14.5 Å². The lowest BCUT2D eigenvalue weighted by molar-refractivity contribution is -0.135. The molecule has 2 aromatic rings. The number of guanidine groups is 1. The first-order valence-corrected chi connectivity index (χ1v) is 10.1. The molecule has 0 unspecified atom stereocenters. The Balaban J connectivity index is 1.52. The summed E-state index contributed by atoms with van der Waals surface area (Å²) in [6.07, 6.45) is 4.64. The molecule has 0 radical (unpaired) electrons. The number of nitrogens with zero attached hydrogens (tertiary/aromatic N) is 5. The summed E-state index contributed by atoms with van der Waals surface area (Å²) in [6.45, 7) is 6.75. The van der Waals surface area contributed by atoms with Crippen molar-refractivity contribution in [1.29, 1.82) is 0 Å². The number of carbonyl (C=O) groups excluding carboxylic acids is 1. The van der Waals surface area contributed by atoms with Crippen LogP contribution in [0.2, 0.25) is 5.02 Å². The largest absolute Gasteiger partial charge is 0.357 e. The number of halogens is 1. The van der Waals surface area contributed by atoms with E-state index >= 15 is 0 Å². The van der Waals surface area contributed by atoms with Gasteiger partial charge in [0.05, 0.1) is 6.54 Å². The number of aryl methyl sites for hydroxylation is 1. The molecule has 2 heterocycles. The molecule has 1 aromatic heterocycles. The molecular weight excluding hydrogens is 376 g/mol. The van der Waals surface area contributed by atoms with Gasteiger partial charge in [0.2, 0.25) is 5.91 Å². The second kappa shape index (κ2) is 10.1. The van der Waals surface area contributed by atoms with E-state index < -0.39 is 0 Å². The Labute approximate surface area is 171 Å². The highest BCUT2D eigenvalue weighted by Crippen LogP contribution is 2.13. The average molecular weight is 403 g/mol. The van der Waals surface area contributed by atoms with Crippen LogP contribution in [0.5, 0.6) is 0 Å². The van der Waals surface area contributed by atoms with Gasteiger partial charge in [0.1, 0.15) is 0 Å². The minimum Gasteiger partial charge on any atom is -0.357 e. The number of hydrogen-bond acceptors (Lipinski definition) is 3. The Morgan fingerprint density at radius 2 is 2.11 bits per heavy atom. The van der Waals surface area contributed by atoms with Gasteiger partial charge in [0, 0.05) is 56.7 Å². The van der Waals surface area contributed by atoms with Crippen LogP contribution < -0.4 is 5.32 Å². The maximum atomic E-state index is 12.6. The van der Waals surface area contributed by atoms with Crippen molar-refractivity contribution in [1.82, 2.24) is 24.9 Å². The minimum atomic E-state index is 0.114. The summed E-state index contributed by atoms with van der Waals surface area (Å²) >= 11 is 5.94. The Morgan fingerprint density at radius 1 is 1.29 bits per heavy atom. The molecule has 0 aliphatic carbocycles. The van der Waals surface area contributed by atoms with Crippen molar-refractivity contribution in [2.24, 2.45) is 4.99 Å². The number of nitrogens with one attached hydrogen (secondary N) is 1. The molecule has 1 fully saturated rings. The third-order valence-corrected chi connectivity index (χ3v) is 4.86. The molecule has 0 bridgehead atoms. The molecule has 0 spiro atoms. The number of rotatable bonds is 7. The second-order valence-corrected chi connectivity index (χ2v) is 7.16. The van der Waals surface area contributed by atoms with Gasteiger partial charge in [0.25, 0.3) is 0 Å². The van der Waals surface area contributed by atoms with E-state index in [9.17, 15) is 4.79 Å². The number of piperazine rings is 1. The summed E-state index contributed by atoms with van der Waals surface area (Å²) in [4.78, 5) is 21.3. The van der Waals surface area contributed by atoms with E-state index in [0.717, 1.165) is 37.6 Å². The molecule has 1 aliphatic rings. The minimum absolute atomic E-state index is 0.114. The Bertz CT molecular complexity index is 775. The Morgan fingerprint density at radius 3 is 2.79 bits per heavy atom. The van der Waals surface area contributed by atoms with E-state index in [0.29, 0.717) is 31.2 Å². The number of hydrogen-bond donors (Lipinski definition) is 1. The van der Waals surface area contributed by atoms with Crippen molar-refractivity contribution >= 4 is 23.5 Å². The Hall–Kier alpha value is -2.54. The first kappa shape index (κ1) is 20.2. The van der Waals surface area contributed by atoms with Crippen molar-refractivity contribution < 1.29 is 4.79 Å². The lowest BCUT2D eigenvalue weighted by atomic mass is 10.2. The molecule has 8 heteroatoms. The summed E-state index contributed by atoms with van der Waals surface area (Å²) in [5, 5.41) is 8.21. The maximum absolute atomic E-state index is 12.6. The highest BCUT2D eigenvalue weighted by molar-refractivity contribution is 6.30. The number of benzene rings is 1. The summed E-state index contributed by atoms with van der Waals surface area (Å²) in [5.74, 6) is 0.922. The lowest BCUT2D eigenvalue weighted by Crippen LogP contribution is -2.55. The molecule has 1 aromatic carbocycles. The van der Waals surface area contributed by atoms with Gasteiger partial charge >= 0.3 is 0 Å². The fourth-order valence-electron chi connectivity index (χ4n) is 3.14. The predicted molar refractivity (Wildman–Crippen MR) is 111 cm³/mol. The Kier molecular flexibility index (Phi) is 7.31. The number of aliphatic imine (C=N–C) groups is 1. The molecule has 0 saturated carbocycles. The van der Waals surface area contributed by atoms with E-state index in [1.807, 2.05) is 57.9 Å². The predicted octanol–water partition coefficient (Wildman–Crippen LogP) is 2.24. The zero-order valence-corrected chi connectivity index (χ0v) is 17.0. The normalized spacial score (nSPS) is 15.2. The standard InChI is InChI=1S/C20H27ClN6O/c1-2-22-20(23-9-3-11-27-12-4-10-24-27)26-14-13-25(19(28)16-26)15-17-5-7-18(21)8-6-17/h4-8,10,12H,2-3,9,11,13-16H2,1H3,(H,22,23). The first-order valence-electron chi connectivity index (χ1n) is 9.68. The quantitative estimate of drug-likeness (QED) is 0.438. The van der Waals surface area contributed by atoms with Crippen LogP contribution in [0.15, 0.2) is 47.7 Å². The molecular formula is C20H27ClN6O. The van der Waals surface area contributed by atoms with E-state index in [2.05, 4.69) is 10.4 Å². The van der Waals surface area contributed by atoms with Crippen LogP contribution in [-0.4, -0.2) is 64.2 Å². The lowest BCUT2D eigenvalue weighted by Gasteiger charge is -2.36. The van der Waals surface area contributed by atoms with Gasteiger partial charge in [-0.05, 0) is 37.1 Å². The van der Waals surface area contributed by atoms with Gasteiger partial charge < -0.3 is 15.1 Å². The van der Waals surface area contributed by atoms with E-state index in [-0.39, 0.29) is 5.91 Å². The van der Waals surface area contributed by atoms with Crippen LogP contribution in [0.1, 0.15) is 18.9 Å². The number of amides is 1. The molecule has 1 amide bonds. The van der Waals surface area contributed by atoms with Crippen LogP contribution in [-0.2, 0) is 17.9 Å². The van der Waals surface area contributed by atoms with Crippen molar-refractivity contribution in [3.8, 4) is 0 Å². The van der Waals surface area contributed by atoms with Gasteiger partial charge in [0.15, 0.2) is 5.96 Å². The van der Waals surface area contributed by atoms with E-state index in [1.54, 1.807) is 6.20 Å². The van der Waals surface area contributed by atoms with Crippen molar-refractivity contribution in [2.75, 3.05) is 32.7 Å². The van der Waals surface area contributed by atoms with Crippen LogP contribution in [0.25, 0.3) is 0 Å². The molecule has 0 atom stereocenters. The first-order chi connectivity index (χ1) is 13.7. The fraction of sp³-hybridized carbons (Fsp3) is 0.450. The molecule has 28 heavy (non-hydrogen) atoms. The second-order valence-electron chi connectivity index (χ2n) is 6.72. The topological polar surface area (TPSA) is 65.8 Å². The summed E-state index contributed by atoms with van der Waals surface area (Å²) in [7, 11) is 0. The third kappa shape index (κ3) is 5.73. The summed E-state index contributed by atoms with van der Waals surface area (Å²) in [6, 6.07) is 9.57. The molecule has 150 valence electrons. The fourth-order valence-corrected chi connectivity index (χ4v) is 3.27. The smallest absolute Gasteiger partial charge is 0.242 e. The zero-order chi connectivity index (χ0) is 19.8. The average Bonchev–Trinajstić information content (AvgIpc) is 3.21. The van der Waals surface area contributed by atoms with Crippen LogP contribution in [0.3, 0.4) is 0 Å². The molecule has 1 aliphatic heterocycles. The van der Waals surface area contributed by atoms with Crippen molar-refractivity contribution in [3.05, 3.63) is 53.3 Å². The summed E-state index contributed by atoms with van der Waals surface area (Å²) < 4.78 is 1.90. The highest BCUT2D eigenvalue weighted by Gasteiger charge is 2.25. The van der Waals surface area contributed by atoms with Crippen LogP contribution >= 0.6 is 11.6 Å². The van der Waals surface area contributed by atoms with Gasteiger partial charge in [-0.1, -0.05) is 23.7 Å². The molecule has 7 nitrogen and oxygen atoms in total. The van der Waals surface area contributed by atoms with Crippen molar-refractivity contribution in [3.63, 3.8) is 0 Å². The van der Waals surface area contributed by atoms with Crippen molar-refractivity contribution in [2.45, 2.75) is 26.4 Å². The van der Waals surface area contributed by atoms with Crippen LogP contribution in [0, 0.1) is 0 Å². The van der Waals surface area contributed by atoms with Crippen LogP contribution in [0.4, 0.5) is 0 Å². The third-order valence-electron chi connectivity index (χ3n) is 4.61. The zero-order valence-electron chi connectivity index (χ0n) is 16.2. The molecule has 1 N–H and O–H groups in total. The van der Waals surface area contributed by atoms with Gasteiger partial charge in [-0.2, -0.15) is 5.10 Å². The SMILES string of the molecule is CCNC(=NCCCn1cccn1)N1CCN(Cc2ccc(Cl)cc2)C(=O)C1. The highest BCUT2D eigenvalue weighted by atomic mass is 35.5.